The fraction of sp³-hybridized carbons (Fsp3) is 0.889. The predicted molar refractivity (Wildman–Crippen MR) is 140 cm³/mol. The third-order valence-corrected chi connectivity index (χ3v) is 12.9. The number of alkyl halides is 9. The Hall–Kier alpha value is -1.52. The number of ether oxygens (including phenoxy) is 3. The lowest BCUT2D eigenvalue weighted by Gasteiger charge is -2.65. The molecule has 4 atom stereocenters. The van der Waals surface area contributed by atoms with Gasteiger partial charge in [-0.2, -0.15) is 22.0 Å². The summed E-state index contributed by atoms with van der Waals surface area (Å²) in [6, 6.07) is 0. The van der Waals surface area contributed by atoms with E-state index in [0.717, 1.165) is 12.8 Å². The van der Waals surface area contributed by atoms with Crippen molar-refractivity contribution in [2.75, 3.05) is 25.6 Å². The van der Waals surface area contributed by atoms with E-state index in [1.165, 1.54) is 23.5 Å². The van der Waals surface area contributed by atoms with Crippen molar-refractivity contribution < 1.29 is 68.1 Å². The zero-order chi connectivity index (χ0) is 32.9. The molecule has 4 bridgehead atoms. The summed E-state index contributed by atoms with van der Waals surface area (Å²) < 4.78 is 132. The molecule has 4 saturated carbocycles. The highest BCUT2D eigenvalue weighted by molar-refractivity contribution is 8.19. The third kappa shape index (κ3) is 7.88. The summed E-state index contributed by atoms with van der Waals surface area (Å²) >= 11 is 2.81. The molecule has 6 nitrogen and oxygen atoms in total. The molecule has 17 heteroatoms. The van der Waals surface area contributed by atoms with Crippen LogP contribution >= 0.6 is 23.5 Å². The Morgan fingerprint density at radius 2 is 1.34 bits per heavy atom. The highest BCUT2D eigenvalue weighted by atomic mass is 32.2. The number of carbonyl (C=O) groups is 3. The molecule has 4 unspecified atom stereocenters. The Labute approximate surface area is 256 Å². The van der Waals surface area contributed by atoms with Crippen molar-refractivity contribution in [2.45, 2.75) is 92.1 Å². The molecular formula is C27H33F9O6S2. The standard InChI is InChI=1S/C27H33F9O6S2/c1-22(28,29)8-19(37)41-11-18-15(10-40-20(38)9-25(32,33)27(34,35)36)12-43-26(44-18)16-3-14-4-17(26)7-24(5-14,6-16)21(39)42-13-23(2,30)31/h14-18H,3-13H2,1-2H3. The molecule has 1 saturated heterocycles. The zero-order valence-corrected chi connectivity index (χ0v) is 25.5. The van der Waals surface area contributed by atoms with Gasteiger partial charge in [0.15, 0.2) is 6.61 Å². The predicted octanol–water partition coefficient (Wildman–Crippen LogP) is 6.89. The van der Waals surface area contributed by atoms with Crippen LogP contribution in [0.1, 0.15) is 58.8 Å². The average Bonchev–Trinajstić information content (AvgIpc) is 2.85. The van der Waals surface area contributed by atoms with Crippen LogP contribution in [0.15, 0.2) is 0 Å². The van der Waals surface area contributed by atoms with Crippen LogP contribution in [0.4, 0.5) is 39.5 Å². The molecule has 5 fully saturated rings. The summed E-state index contributed by atoms with van der Waals surface area (Å²) in [6.45, 7) is -0.847. The lowest BCUT2D eigenvalue weighted by Crippen LogP contribution is -2.62. The number of thioether (sulfide) groups is 2. The highest BCUT2D eigenvalue weighted by Crippen LogP contribution is 2.72. The van der Waals surface area contributed by atoms with Gasteiger partial charge in [-0.15, -0.1) is 23.5 Å². The molecule has 0 aromatic heterocycles. The smallest absolute Gasteiger partial charge is 0.453 e. The molecule has 4 aliphatic carbocycles. The van der Waals surface area contributed by atoms with Gasteiger partial charge in [0.25, 0.3) is 11.8 Å². The summed E-state index contributed by atoms with van der Waals surface area (Å²) in [4.78, 5) is 37.1. The van der Waals surface area contributed by atoms with Crippen LogP contribution in [-0.4, -0.2) is 76.8 Å². The van der Waals surface area contributed by atoms with Gasteiger partial charge >= 0.3 is 30.0 Å². The van der Waals surface area contributed by atoms with Gasteiger partial charge in [0, 0.05) is 23.8 Å². The Balaban J connectivity index is 1.48. The molecule has 0 aromatic rings. The first-order chi connectivity index (χ1) is 20.0. The van der Waals surface area contributed by atoms with E-state index in [-0.39, 0.29) is 23.5 Å². The Morgan fingerprint density at radius 1 is 0.773 bits per heavy atom. The average molecular weight is 689 g/mol. The monoisotopic (exact) mass is 688 g/mol. The highest BCUT2D eigenvalue weighted by Gasteiger charge is 2.67. The van der Waals surface area contributed by atoms with Crippen molar-refractivity contribution in [3.63, 3.8) is 0 Å². The van der Waals surface area contributed by atoms with Crippen LogP contribution in [0.25, 0.3) is 0 Å². The van der Waals surface area contributed by atoms with Crippen LogP contribution in [-0.2, 0) is 28.6 Å². The van der Waals surface area contributed by atoms with E-state index < -0.39 is 95.2 Å². The van der Waals surface area contributed by atoms with Gasteiger partial charge in [-0.3, -0.25) is 14.4 Å². The summed E-state index contributed by atoms with van der Waals surface area (Å²) in [5.41, 5.74) is -0.932. The Bertz CT molecular complexity index is 1090. The van der Waals surface area contributed by atoms with Gasteiger partial charge in [-0.25, -0.2) is 17.6 Å². The largest absolute Gasteiger partial charge is 0.465 e. The minimum atomic E-state index is -5.95. The fourth-order valence-electron chi connectivity index (χ4n) is 7.00. The maximum absolute atomic E-state index is 13.4. The van der Waals surface area contributed by atoms with Crippen molar-refractivity contribution in [1.29, 1.82) is 0 Å². The summed E-state index contributed by atoms with van der Waals surface area (Å²) in [6.07, 6.45) is -6.71. The Kier molecular flexibility index (Phi) is 9.84. The van der Waals surface area contributed by atoms with Crippen molar-refractivity contribution in [2.24, 2.45) is 29.1 Å². The van der Waals surface area contributed by atoms with Gasteiger partial charge in [0.1, 0.15) is 19.4 Å². The molecule has 5 aliphatic rings. The SMILES string of the molecule is CC(F)(F)COC(=O)C12CC3CC(C1)C1(SCC(COC(=O)CC(F)(F)C(F)(F)F)C(COC(=O)CC(C)(F)F)S1)C(C3)C2. The maximum atomic E-state index is 13.4. The summed E-state index contributed by atoms with van der Waals surface area (Å²) in [5, 5.41) is -0.708. The number of esters is 3. The van der Waals surface area contributed by atoms with Gasteiger partial charge in [0.2, 0.25) is 0 Å². The summed E-state index contributed by atoms with van der Waals surface area (Å²) in [7, 11) is 0. The number of hydrogen-bond acceptors (Lipinski definition) is 8. The molecule has 0 aromatic carbocycles. The van der Waals surface area contributed by atoms with E-state index >= 15 is 0 Å². The topological polar surface area (TPSA) is 78.9 Å². The molecule has 252 valence electrons. The zero-order valence-electron chi connectivity index (χ0n) is 23.8. The van der Waals surface area contributed by atoms with E-state index in [9.17, 15) is 53.9 Å². The maximum Gasteiger partial charge on any atom is 0.453 e. The van der Waals surface area contributed by atoms with Gasteiger partial charge < -0.3 is 14.2 Å². The van der Waals surface area contributed by atoms with Crippen LogP contribution in [0, 0.1) is 29.1 Å². The molecule has 1 spiro atoms. The number of halogens is 9. The first-order valence-electron chi connectivity index (χ1n) is 14.0. The van der Waals surface area contributed by atoms with Crippen LogP contribution in [0.5, 0.6) is 0 Å². The van der Waals surface area contributed by atoms with E-state index in [2.05, 4.69) is 0 Å². The van der Waals surface area contributed by atoms with Crippen LogP contribution in [0.2, 0.25) is 0 Å². The van der Waals surface area contributed by atoms with E-state index in [1.54, 1.807) is 0 Å². The third-order valence-electron chi connectivity index (χ3n) is 8.70. The van der Waals surface area contributed by atoms with Crippen LogP contribution in [0.3, 0.4) is 0 Å². The lowest BCUT2D eigenvalue weighted by molar-refractivity contribution is -0.284. The molecule has 5 rings (SSSR count). The van der Waals surface area contributed by atoms with Gasteiger partial charge in [-0.1, -0.05) is 0 Å². The quantitative estimate of drug-likeness (QED) is 0.132. The minimum Gasteiger partial charge on any atom is -0.465 e. The molecule has 1 aliphatic heterocycles. The number of hydrogen-bond donors (Lipinski definition) is 0. The first kappa shape index (κ1) is 35.3. The molecule has 0 radical (unpaired) electrons. The van der Waals surface area contributed by atoms with Crippen LogP contribution < -0.4 is 0 Å². The second kappa shape index (κ2) is 12.3. The van der Waals surface area contributed by atoms with E-state index in [0.29, 0.717) is 33.1 Å². The number of carbonyl (C=O) groups excluding carboxylic acids is 3. The summed E-state index contributed by atoms with van der Waals surface area (Å²) in [5.74, 6) is -16.1. The minimum absolute atomic E-state index is 0.106. The number of rotatable bonds is 11. The molecule has 0 amide bonds. The second-order valence-corrected chi connectivity index (χ2v) is 15.8. The van der Waals surface area contributed by atoms with Crippen molar-refractivity contribution in [3.8, 4) is 0 Å². The van der Waals surface area contributed by atoms with Crippen molar-refractivity contribution in [1.82, 2.24) is 0 Å². The Morgan fingerprint density at radius 3 is 1.89 bits per heavy atom. The van der Waals surface area contributed by atoms with Crippen molar-refractivity contribution in [3.05, 3.63) is 0 Å². The fourth-order valence-corrected chi connectivity index (χ4v) is 11.3. The molecular weight excluding hydrogens is 655 g/mol. The second-order valence-electron chi connectivity index (χ2n) is 12.7. The van der Waals surface area contributed by atoms with Crippen molar-refractivity contribution >= 4 is 41.4 Å². The molecule has 44 heavy (non-hydrogen) atoms. The van der Waals surface area contributed by atoms with E-state index in [1.807, 2.05) is 0 Å². The lowest BCUT2D eigenvalue weighted by atomic mass is 9.49. The normalized spacial score (nSPS) is 33.8. The van der Waals surface area contributed by atoms with Gasteiger partial charge in [0.05, 0.1) is 16.1 Å². The molecule has 1 heterocycles. The first-order valence-corrected chi connectivity index (χ1v) is 15.9. The van der Waals surface area contributed by atoms with Gasteiger partial charge in [-0.05, 0) is 56.8 Å². The van der Waals surface area contributed by atoms with E-state index in [4.69, 9.17) is 14.2 Å². The molecule has 0 N–H and O–H groups in total.